The molecule has 0 saturated heterocycles. The van der Waals surface area contributed by atoms with Gasteiger partial charge in [-0.3, -0.25) is 9.59 Å². The van der Waals surface area contributed by atoms with Crippen molar-refractivity contribution in [2.75, 3.05) is 20.3 Å². The van der Waals surface area contributed by atoms with E-state index in [-0.39, 0.29) is 17.7 Å². The zero-order valence-corrected chi connectivity index (χ0v) is 17.1. The fraction of sp³-hybridized carbons (Fsp3) is 0.417. The van der Waals surface area contributed by atoms with Crippen LogP contribution in [0.4, 0.5) is 0 Å². The summed E-state index contributed by atoms with van der Waals surface area (Å²) in [6.07, 6.45) is 3.55. The number of methoxy groups -OCH3 is 1. The molecule has 1 N–H and O–H groups in total. The smallest absolute Gasteiger partial charge is 0.227 e. The van der Waals surface area contributed by atoms with Gasteiger partial charge in [0, 0.05) is 12.3 Å². The van der Waals surface area contributed by atoms with Crippen LogP contribution in [-0.2, 0) is 16.0 Å². The van der Waals surface area contributed by atoms with Gasteiger partial charge in [-0.1, -0.05) is 24.3 Å². The molecule has 2 unspecified atom stereocenters. The molecular weight excluding hydrogens is 366 g/mol. The number of Topliss-reactive ketones (excluding diaryl/α,β-unsaturated/α-hetero) is 1. The van der Waals surface area contributed by atoms with Gasteiger partial charge in [-0.05, 0) is 61.6 Å². The minimum Gasteiger partial charge on any atom is -0.497 e. The summed E-state index contributed by atoms with van der Waals surface area (Å²) in [5.74, 6) is 1.82. The molecule has 0 radical (unpaired) electrons. The SMILES string of the molecule is COc1ccc(OCCNC(=O)C(C)c2ccc(CC3CCCC3=O)cc2)cc1. The summed E-state index contributed by atoms with van der Waals surface area (Å²) in [5, 5.41) is 2.92. The van der Waals surface area contributed by atoms with Crippen LogP contribution < -0.4 is 14.8 Å². The molecule has 5 nitrogen and oxygen atoms in total. The first kappa shape index (κ1) is 20.9. The number of ether oxygens (including phenoxy) is 2. The lowest BCUT2D eigenvalue weighted by Gasteiger charge is -2.14. The molecule has 0 heterocycles. The highest BCUT2D eigenvalue weighted by Gasteiger charge is 2.24. The summed E-state index contributed by atoms with van der Waals surface area (Å²) in [5.41, 5.74) is 2.13. The number of carbonyl (C=O) groups excluding carboxylic acids is 2. The Balaban J connectivity index is 1.42. The van der Waals surface area contributed by atoms with E-state index in [0.29, 0.717) is 18.9 Å². The maximum Gasteiger partial charge on any atom is 0.227 e. The number of ketones is 1. The predicted molar refractivity (Wildman–Crippen MR) is 112 cm³/mol. The van der Waals surface area contributed by atoms with Crippen LogP contribution in [0.25, 0.3) is 0 Å². The molecular formula is C24H29NO4. The fourth-order valence-corrected chi connectivity index (χ4v) is 3.65. The molecule has 0 bridgehead atoms. The molecule has 0 aliphatic heterocycles. The second-order valence-corrected chi connectivity index (χ2v) is 7.54. The normalized spacial score (nSPS) is 17.0. The summed E-state index contributed by atoms with van der Waals surface area (Å²) in [6, 6.07) is 15.4. The zero-order valence-electron chi connectivity index (χ0n) is 17.1. The topological polar surface area (TPSA) is 64.6 Å². The largest absolute Gasteiger partial charge is 0.497 e. The van der Waals surface area contributed by atoms with E-state index in [9.17, 15) is 9.59 Å². The number of rotatable bonds is 9. The number of amides is 1. The standard InChI is InChI=1S/C24H29NO4/c1-17(19-8-6-18(7-9-19)16-20-4-3-5-23(20)26)24(27)25-14-15-29-22-12-10-21(28-2)11-13-22/h6-13,17,20H,3-5,14-16H2,1-2H3,(H,25,27). The average molecular weight is 395 g/mol. The van der Waals surface area contributed by atoms with Gasteiger partial charge in [0.1, 0.15) is 23.9 Å². The van der Waals surface area contributed by atoms with E-state index in [1.807, 2.05) is 55.5 Å². The van der Waals surface area contributed by atoms with Crippen LogP contribution in [0, 0.1) is 5.92 Å². The van der Waals surface area contributed by atoms with Gasteiger partial charge >= 0.3 is 0 Å². The first-order chi connectivity index (χ1) is 14.1. The van der Waals surface area contributed by atoms with Crippen molar-refractivity contribution >= 4 is 11.7 Å². The molecule has 1 saturated carbocycles. The third-order valence-electron chi connectivity index (χ3n) is 5.52. The predicted octanol–water partition coefficient (Wildman–Crippen LogP) is 3.91. The highest BCUT2D eigenvalue weighted by Crippen LogP contribution is 2.26. The fourth-order valence-electron chi connectivity index (χ4n) is 3.65. The second kappa shape index (κ2) is 10.1. The van der Waals surface area contributed by atoms with E-state index < -0.39 is 0 Å². The maximum atomic E-state index is 12.4. The Hall–Kier alpha value is -2.82. The molecule has 1 aliphatic carbocycles. The molecule has 2 aromatic carbocycles. The Morgan fingerprint density at radius 1 is 1.10 bits per heavy atom. The summed E-state index contributed by atoms with van der Waals surface area (Å²) >= 11 is 0. The van der Waals surface area contributed by atoms with Gasteiger partial charge in [-0.2, -0.15) is 0 Å². The highest BCUT2D eigenvalue weighted by molar-refractivity contribution is 5.83. The van der Waals surface area contributed by atoms with Gasteiger partial charge in [0.05, 0.1) is 19.6 Å². The van der Waals surface area contributed by atoms with Gasteiger partial charge in [0.15, 0.2) is 0 Å². The Morgan fingerprint density at radius 2 is 1.79 bits per heavy atom. The summed E-state index contributed by atoms with van der Waals surface area (Å²) in [4.78, 5) is 24.2. The van der Waals surface area contributed by atoms with Crippen molar-refractivity contribution < 1.29 is 19.1 Å². The van der Waals surface area contributed by atoms with Crippen molar-refractivity contribution in [2.45, 2.75) is 38.5 Å². The first-order valence-corrected chi connectivity index (χ1v) is 10.2. The molecule has 2 aromatic rings. The minimum atomic E-state index is -0.238. The van der Waals surface area contributed by atoms with E-state index in [1.165, 1.54) is 0 Å². The Bertz CT molecular complexity index is 814. The molecule has 2 atom stereocenters. The summed E-state index contributed by atoms with van der Waals surface area (Å²) < 4.78 is 10.7. The lowest BCUT2D eigenvalue weighted by Crippen LogP contribution is -2.31. The van der Waals surface area contributed by atoms with Gasteiger partial charge < -0.3 is 14.8 Å². The molecule has 3 rings (SSSR count). The van der Waals surface area contributed by atoms with Gasteiger partial charge in [-0.15, -0.1) is 0 Å². The van der Waals surface area contributed by atoms with Gasteiger partial charge in [-0.25, -0.2) is 0 Å². The van der Waals surface area contributed by atoms with Crippen molar-refractivity contribution in [1.29, 1.82) is 0 Å². The molecule has 154 valence electrons. The van der Waals surface area contributed by atoms with Crippen molar-refractivity contribution in [2.24, 2.45) is 5.92 Å². The third kappa shape index (κ3) is 5.83. The van der Waals surface area contributed by atoms with Gasteiger partial charge in [0.25, 0.3) is 0 Å². The van der Waals surface area contributed by atoms with Crippen LogP contribution in [0.2, 0.25) is 0 Å². The van der Waals surface area contributed by atoms with E-state index in [1.54, 1.807) is 7.11 Å². The minimum absolute atomic E-state index is 0.0259. The number of hydrogen-bond acceptors (Lipinski definition) is 4. The molecule has 1 aliphatic rings. The Morgan fingerprint density at radius 3 is 2.41 bits per heavy atom. The average Bonchev–Trinajstić information content (AvgIpc) is 3.16. The highest BCUT2D eigenvalue weighted by atomic mass is 16.5. The van der Waals surface area contributed by atoms with Crippen LogP contribution >= 0.6 is 0 Å². The number of nitrogens with one attached hydrogen (secondary N) is 1. The van der Waals surface area contributed by atoms with Gasteiger partial charge in [0.2, 0.25) is 5.91 Å². The van der Waals surface area contributed by atoms with Crippen molar-refractivity contribution in [1.82, 2.24) is 5.32 Å². The number of carbonyl (C=O) groups is 2. The number of hydrogen-bond donors (Lipinski definition) is 1. The lowest BCUT2D eigenvalue weighted by molar-refractivity contribution is -0.122. The van der Waals surface area contributed by atoms with Crippen LogP contribution in [0.15, 0.2) is 48.5 Å². The van der Waals surface area contributed by atoms with Crippen LogP contribution in [0.3, 0.4) is 0 Å². The maximum absolute atomic E-state index is 12.4. The van der Waals surface area contributed by atoms with Crippen molar-refractivity contribution in [3.05, 3.63) is 59.7 Å². The third-order valence-corrected chi connectivity index (χ3v) is 5.52. The van der Waals surface area contributed by atoms with E-state index in [2.05, 4.69) is 5.32 Å². The lowest BCUT2D eigenvalue weighted by atomic mass is 9.94. The summed E-state index contributed by atoms with van der Waals surface area (Å²) in [7, 11) is 1.62. The monoisotopic (exact) mass is 395 g/mol. The van der Waals surface area contributed by atoms with Crippen LogP contribution in [-0.4, -0.2) is 32.0 Å². The number of benzene rings is 2. The molecule has 0 spiro atoms. The van der Waals surface area contributed by atoms with E-state index in [0.717, 1.165) is 48.3 Å². The van der Waals surface area contributed by atoms with E-state index >= 15 is 0 Å². The molecule has 29 heavy (non-hydrogen) atoms. The van der Waals surface area contributed by atoms with Crippen LogP contribution in [0.5, 0.6) is 11.5 Å². The van der Waals surface area contributed by atoms with Crippen molar-refractivity contribution in [3.8, 4) is 11.5 Å². The first-order valence-electron chi connectivity index (χ1n) is 10.2. The molecule has 5 heteroatoms. The quantitative estimate of drug-likeness (QED) is 0.654. The van der Waals surface area contributed by atoms with Crippen LogP contribution in [0.1, 0.15) is 43.2 Å². The Labute approximate surface area is 172 Å². The molecule has 0 aromatic heterocycles. The zero-order chi connectivity index (χ0) is 20.6. The Kier molecular flexibility index (Phi) is 7.28. The van der Waals surface area contributed by atoms with E-state index in [4.69, 9.17) is 9.47 Å². The van der Waals surface area contributed by atoms with Crippen molar-refractivity contribution in [3.63, 3.8) is 0 Å². The molecule has 1 amide bonds. The molecule has 1 fully saturated rings. The second-order valence-electron chi connectivity index (χ2n) is 7.54. The summed E-state index contributed by atoms with van der Waals surface area (Å²) in [6.45, 7) is 2.74.